The maximum atomic E-state index is 5.78. The SMILES string of the molecule is CCCNC(Cc1ccccc1)C(OC)C(C)(C)C. The van der Waals surface area contributed by atoms with Gasteiger partial charge in [-0.2, -0.15) is 0 Å². The van der Waals surface area contributed by atoms with Gasteiger partial charge >= 0.3 is 0 Å². The van der Waals surface area contributed by atoms with Gasteiger partial charge in [0.2, 0.25) is 0 Å². The monoisotopic (exact) mass is 263 g/mol. The van der Waals surface area contributed by atoms with E-state index in [4.69, 9.17) is 4.74 Å². The van der Waals surface area contributed by atoms with E-state index >= 15 is 0 Å². The van der Waals surface area contributed by atoms with Crippen molar-refractivity contribution in [1.29, 1.82) is 0 Å². The third-order valence-electron chi connectivity index (χ3n) is 3.43. The quantitative estimate of drug-likeness (QED) is 0.810. The van der Waals surface area contributed by atoms with Gasteiger partial charge in [-0.1, -0.05) is 58.0 Å². The first-order valence-electron chi connectivity index (χ1n) is 7.29. The molecular weight excluding hydrogens is 234 g/mol. The van der Waals surface area contributed by atoms with Crippen LogP contribution in [0.5, 0.6) is 0 Å². The summed E-state index contributed by atoms with van der Waals surface area (Å²) in [7, 11) is 1.82. The van der Waals surface area contributed by atoms with Crippen molar-refractivity contribution in [1.82, 2.24) is 5.32 Å². The smallest absolute Gasteiger partial charge is 0.0775 e. The maximum absolute atomic E-state index is 5.78. The van der Waals surface area contributed by atoms with Crippen molar-refractivity contribution in [2.45, 2.75) is 52.7 Å². The molecule has 0 spiro atoms. The molecule has 2 unspecified atom stereocenters. The number of rotatable bonds is 7. The molecule has 0 aliphatic carbocycles. The van der Waals surface area contributed by atoms with E-state index in [2.05, 4.69) is 63.3 Å². The molecule has 0 aliphatic rings. The molecule has 2 atom stereocenters. The lowest BCUT2D eigenvalue weighted by molar-refractivity contribution is -0.0109. The van der Waals surface area contributed by atoms with E-state index in [1.54, 1.807) is 0 Å². The van der Waals surface area contributed by atoms with Crippen molar-refractivity contribution >= 4 is 0 Å². The Morgan fingerprint density at radius 1 is 1.16 bits per heavy atom. The second kappa shape index (κ2) is 7.66. The summed E-state index contributed by atoms with van der Waals surface area (Å²) < 4.78 is 5.78. The van der Waals surface area contributed by atoms with Crippen LogP contribution in [0.2, 0.25) is 0 Å². The third kappa shape index (κ3) is 5.33. The van der Waals surface area contributed by atoms with Crippen LogP contribution in [-0.2, 0) is 11.2 Å². The van der Waals surface area contributed by atoms with E-state index in [1.165, 1.54) is 5.56 Å². The molecule has 0 aromatic heterocycles. The molecule has 1 aromatic rings. The van der Waals surface area contributed by atoms with Gasteiger partial charge in [0.15, 0.2) is 0 Å². The number of benzene rings is 1. The van der Waals surface area contributed by atoms with Crippen LogP contribution in [-0.4, -0.2) is 25.8 Å². The predicted molar refractivity (Wildman–Crippen MR) is 82.5 cm³/mol. The molecule has 0 fully saturated rings. The Bertz CT molecular complexity index is 342. The van der Waals surface area contributed by atoms with E-state index in [9.17, 15) is 0 Å². The first kappa shape index (κ1) is 16.2. The molecule has 19 heavy (non-hydrogen) atoms. The van der Waals surface area contributed by atoms with Gasteiger partial charge < -0.3 is 10.1 Å². The summed E-state index contributed by atoms with van der Waals surface area (Å²) in [6.45, 7) is 9.96. The van der Waals surface area contributed by atoms with Crippen molar-refractivity contribution in [3.05, 3.63) is 35.9 Å². The van der Waals surface area contributed by atoms with E-state index < -0.39 is 0 Å². The molecule has 0 saturated heterocycles. The van der Waals surface area contributed by atoms with Crippen LogP contribution < -0.4 is 5.32 Å². The van der Waals surface area contributed by atoms with Crippen LogP contribution in [0.4, 0.5) is 0 Å². The van der Waals surface area contributed by atoms with Crippen molar-refractivity contribution in [2.75, 3.05) is 13.7 Å². The Labute approximate surface area is 118 Å². The summed E-state index contributed by atoms with van der Waals surface area (Å²) in [5.74, 6) is 0. The third-order valence-corrected chi connectivity index (χ3v) is 3.43. The first-order chi connectivity index (χ1) is 8.99. The van der Waals surface area contributed by atoms with Gasteiger partial charge in [0, 0.05) is 13.2 Å². The molecular formula is C17H29NO. The molecule has 0 aliphatic heterocycles. The number of nitrogens with one attached hydrogen (secondary N) is 1. The molecule has 0 amide bonds. The fraction of sp³-hybridized carbons (Fsp3) is 0.647. The molecule has 0 heterocycles. The van der Waals surface area contributed by atoms with Crippen LogP contribution in [0.25, 0.3) is 0 Å². The number of hydrogen-bond donors (Lipinski definition) is 1. The number of methoxy groups -OCH3 is 1. The zero-order valence-corrected chi connectivity index (χ0v) is 13.1. The largest absolute Gasteiger partial charge is 0.379 e. The van der Waals surface area contributed by atoms with Gasteiger partial charge in [-0.25, -0.2) is 0 Å². The molecule has 1 aromatic carbocycles. The van der Waals surface area contributed by atoms with Gasteiger partial charge in [0.1, 0.15) is 0 Å². The summed E-state index contributed by atoms with van der Waals surface area (Å²) in [5.41, 5.74) is 1.50. The normalized spacial score (nSPS) is 15.2. The van der Waals surface area contributed by atoms with Crippen molar-refractivity contribution < 1.29 is 4.74 Å². The Hall–Kier alpha value is -0.860. The fourth-order valence-electron chi connectivity index (χ4n) is 2.61. The number of hydrogen-bond acceptors (Lipinski definition) is 2. The van der Waals surface area contributed by atoms with Gasteiger partial charge in [-0.05, 0) is 30.4 Å². The highest BCUT2D eigenvalue weighted by atomic mass is 16.5. The lowest BCUT2D eigenvalue weighted by atomic mass is 9.82. The zero-order valence-electron chi connectivity index (χ0n) is 13.1. The first-order valence-corrected chi connectivity index (χ1v) is 7.29. The van der Waals surface area contributed by atoms with E-state index in [-0.39, 0.29) is 11.5 Å². The van der Waals surface area contributed by atoms with Gasteiger partial charge in [-0.3, -0.25) is 0 Å². The molecule has 0 radical (unpaired) electrons. The molecule has 1 N–H and O–H groups in total. The minimum absolute atomic E-state index is 0.134. The van der Waals surface area contributed by atoms with Crippen molar-refractivity contribution in [2.24, 2.45) is 5.41 Å². The average Bonchev–Trinajstić information content (AvgIpc) is 2.36. The summed E-state index contributed by atoms with van der Waals surface area (Å²) in [5, 5.41) is 3.65. The Balaban J connectivity index is 2.81. The van der Waals surface area contributed by atoms with Crippen LogP contribution in [0.3, 0.4) is 0 Å². The second-order valence-corrected chi connectivity index (χ2v) is 6.27. The van der Waals surface area contributed by atoms with Crippen LogP contribution in [0.15, 0.2) is 30.3 Å². The van der Waals surface area contributed by atoms with Gasteiger partial charge in [0.25, 0.3) is 0 Å². The Morgan fingerprint density at radius 3 is 2.26 bits per heavy atom. The minimum Gasteiger partial charge on any atom is -0.379 e. The second-order valence-electron chi connectivity index (χ2n) is 6.27. The van der Waals surface area contributed by atoms with Crippen molar-refractivity contribution in [3.8, 4) is 0 Å². The fourth-order valence-corrected chi connectivity index (χ4v) is 2.61. The van der Waals surface area contributed by atoms with Gasteiger partial charge in [0.05, 0.1) is 6.10 Å². The highest BCUT2D eigenvalue weighted by molar-refractivity contribution is 5.16. The summed E-state index contributed by atoms with van der Waals surface area (Å²) in [6.07, 6.45) is 2.36. The topological polar surface area (TPSA) is 21.3 Å². The molecule has 0 saturated carbocycles. The van der Waals surface area contributed by atoms with Crippen LogP contribution in [0.1, 0.15) is 39.7 Å². The van der Waals surface area contributed by atoms with Crippen molar-refractivity contribution in [3.63, 3.8) is 0 Å². The lowest BCUT2D eigenvalue weighted by Crippen LogP contribution is -2.49. The summed E-state index contributed by atoms with van der Waals surface area (Å²) in [4.78, 5) is 0. The van der Waals surface area contributed by atoms with E-state index in [1.807, 2.05) is 7.11 Å². The van der Waals surface area contributed by atoms with Crippen LogP contribution in [0, 0.1) is 5.41 Å². The molecule has 0 bridgehead atoms. The molecule has 1 rings (SSSR count). The molecule has 108 valence electrons. The average molecular weight is 263 g/mol. The standard InChI is InChI=1S/C17H29NO/c1-6-12-18-15(16(19-5)17(2,3)4)13-14-10-8-7-9-11-14/h7-11,15-16,18H,6,12-13H2,1-5H3. The van der Waals surface area contributed by atoms with E-state index in [0.717, 1.165) is 19.4 Å². The molecule has 2 nitrogen and oxygen atoms in total. The summed E-state index contributed by atoms with van der Waals surface area (Å²) >= 11 is 0. The Morgan fingerprint density at radius 2 is 1.79 bits per heavy atom. The Kier molecular flexibility index (Phi) is 6.53. The summed E-state index contributed by atoms with van der Waals surface area (Å²) in [6, 6.07) is 11.0. The number of ether oxygens (including phenoxy) is 1. The van der Waals surface area contributed by atoms with Gasteiger partial charge in [-0.15, -0.1) is 0 Å². The highest BCUT2D eigenvalue weighted by Crippen LogP contribution is 2.26. The zero-order chi connectivity index (χ0) is 14.3. The lowest BCUT2D eigenvalue weighted by Gasteiger charge is -2.36. The molecule has 2 heteroatoms. The maximum Gasteiger partial charge on any atom is 0.0775 e. The van der Waals surface area contributed by atoms with E-state index in [0.29, 0.717) is 6.04 Å². The predicted octanol–water partition coefficient (Wildman–Crippen LogP) is 3.66. The minimum atomic E-state index is 0.134. The van der Waals surface area contributed by atoms with Crippen LogP contribution >= 0.6 is 0 Å². The highest BCUT2D eigenvalue weighted by Gasteiger charge is 2.31.